The molecule has 7 nitrogen and oxygen atoms in total. The predicted octanol–water partition coefficient (Wildman–Crippen LogP) is 4.66. The van der Waals surface area contributed by atoms with E-state index in [0.717, 1.165) is 49.0 Å². The van der Waals surface area contributed by atoms with E-state index in [1.165, 1.54) is 30.6 Å². The number of nitrogens with one attached hydrogen (secondary N) is 1. The van der Waals surface area contributed by atoms with E-state index in [1.807, 2.05) is 0 Å². The van der Waals surface area contributed by atoms with Gasteiger partial charge in [0.2, 0.25) is 0 Å². The lowest BCUT2D eigenvalue weighted by molar-refractivity contribution is -0.385. The number of aryl methyl sites for hydroxylation is 1. The Kier molecular flexibility index (Phi) is 6.08. The minimum Gasteiger partial charge on any atom is -0.465 e. The van der Waals surface area contributed by atoms with Crippen molar-refractivity contribution in [2.24, 2.45) is 0 Å². The molecule has 1 heterocycles. The summed E-state index contributed by atoms with van der Waals surface area (Å²) >= 11 is 1.40. The van der Waals surface area contributed by atoms with Crippen molar-refractivity contribution in [3.8, 4) is 0 Å². The molecule has 0 radical (unpaired) electrons. The van der Waals surface area contributed by atoms with Crippen molar-refractivity contribution in [2.75, 3.05) is 12.4 Å². The van der Waals surface area contributed by atoms with Gasteiger partial charge >= 0.3 is 5.97 Å². The van der Waals surface area contributed by atoms with E-state index in [4.69, 9.17) is 4.74 Å². The molecular formula is C20H22N2O5S. The number of carbonyl (C=O) groups is 2. The predicted molar refractivity (Wildman–Crippen MR) is 107 cm³/mol. The largest absolute Gasteiger partial charge is 0.465 e. The number of hydrogen-bond acceptors (Lipinski definition) is 6. The quantitative estimate of drug-likeness (QED) is 0.455. The molecule has 0 aliphatic heterocycles. The van der Waals surface area contributed by atoms with E-state index in [9.17, 15) is 19.7 Å². The Morgan fingerprint density at radius 3 is 2.57 bits per heavy atom. The van der Waals surface area contributed by atoms with Crippen molar-refractivity contribution in [1.29, 1.82) is 0 Å². The molecular weight excluding hydrogens is 380 g/mol. The molecule has 0 atom stereocenters. The third-order valence-electron chi connectivity index (χ3n) is 5.03. The van der Waals surface area contributed by atoms with Crippen LogP contribution in [0.25, 0.3) is 0 Å². The van der Waals surface area contributed by atoms with Gasteiger partial charge < -0.3 is 10.1 Å². The summed E-state index contributed by atoms with van der Waals surface area (Å²) in [6.45, 7) is 1.54. The zero-order valence-corrected chi connectivity index (χ0v) is 16.7. The van der Waals surface area contributed by atoms with Gasteiger partial charge in [-0.2, -0.15) is 0 Å². The van der Waals surface area contributed by atoms with E-state index in [2.05, 4.69) is 5.32 Å². The van der Waals surface area contributed by atoms with Crippen LogP contribution < -0.4 is 5.32 Å². The fraction of sp³-hybridized carbons (Fsp3) is 0.400. The molecule has 1 aliphatic rings. The second kappa shape index (κ2) is 8.52. The molecule has 0 saturated heterocycles. The number of esters is 1. The number of nitro benzene ring substituents is 1. The van der Waals surface area contributed by atoms with Gasteiger partial charge in [0.05, 0.1) is 17.6 Å². The number of ether oxygens (including phenoxy) is 1. The monoisotopic (exact) mass is 402 g/mol. The second-order valence-electron chi connectivity index (χ2n) is 6.77. The van der Waals surface area contributed by atoms with Gasteiger partial charge in [-0.1, -0.05) is 18.9 Å². The zero-order valence-electron chi connectivity index (χ0n) is 15.9. The smallest absolute Gasteiger partial charge is 0.341 e. The number of rotatable bonds is 4. The molecule has 1 aliphatic carbocycles. The lowest BCUT2D eigenvalue weighted by Gasteiger charge is -2.11. The Morgan fingerprint density at radius 1 is 1.18 bits per heavy atom. The fourth-order valence-electron chi connectivity index (χ4n) is 3.56. The summed E-state index contributed by atoms with van der Waals surface area (Å²) in [5, 5.41) is 14.4. The maximum absolute atomic E-state index is 12.8. The first kappa shape index (κ1) is 20.0. The molecule has 28 heavy (non-hydrogen) atoms. The van der Waals surface area contributed by atoms with Crippen LogP contribution in [0.2, 0.25) is 0 Å². The van der Waals surface area contributed by atoms with Crippen LogP contribution in [0, 0.1) is 17.0 Å². The van der Waals surface area contributed by atoms with Gasteiger partial charge in [0.1, 0.15) is 5.00 Å². The molecule has 1 aromatic carbocycles. The Hall–Kier alpha value is -2.74. The molecule has 1 N–H and O–H groups in total. The summed E-state index contributed by atoms with van der Waals surface area (Å²) in [6, 6.07) is 4.39. The molecule has 0 bridgehead atoms. The average molecular weight is 402 g/mol. The van der Waals surface area contributed by atoms with E-state index >= 15 is 0 Å². The molecule has 0 fully saturated rings. The highest BCUT2D eigenvalue weighted by atomic mass is 32.1. The van der Waals surface area contributed by atoms with Crippen molar-refractivity contribution >= 4 is 33.9 Å². The van der Waals surface area contributed by atoms with E-state index in [0.29, 0.717) is 16.1 Å². The maximum atomic E-state index is 12.8. The molecule has 2 aromatic rings. The molecule has 0 spiro atoms. The summed E-state index contributed by atoms with van der Waals surface area (Å²) in [7, 11) is 1.33. The number of fused-ring (bicyclic) bond motifs is 1. The zero-order chi connectivity index (χ0) is 20.3. The highest BCUT2D eigenvalue weighted by Crippen LogP contribution is 2.38. The van der Waals surface area contributed by atoms with Crippen LogP contribution in [0.3, 0.4) is 0 Å². The number of nitro groups is 1. The van der Waals surface area contributed by atoms with Gasteiger partial charge in [-0.05, 0) is 44.2 Å². The van der Waals surface area contributed by atoms with Crippen molar-refractivity contribution < 1.29 is 19.2 Å². The molecule has 3 rings (SSSR count). The first-order valence-electron chi connectivity index (χ1n) is 9.22. The number of anilines is 1. The van der Waals surface area contributed by atoms with Crippen LogP contribution >= 0.6 is 11.3 Å². The molecule has 1 aromatic heterocycles. The lowest BCUT2D eigenvalue weighted by atomic mass is 9.96. The number of amides is 1. The van der Waals surface area contributed by atoms with Gasteiger partial charge in [0.25, 0.3) is 11.6 Å². The molecule has 148 valence electrons. The molecule has 8 heteroatoms. The van der Waals surface area contributed by atoms with Crippen LogP contribution in [0.4, 0.5) is 10.7 Å². The van der Waals surface area contributed by atoms with Crippen LogP contribution in [-0.2, 0) is 17.6 Å². The topological polar surface area (TPSA) is 98.5 Å². The maximum Gasteiger partial charge on any atom is 0.341 e. The van der Waals surface area contributed by atoms with Crippen LogP contribution in [0.1, 0.15) is 62.4 Å². The minimum absolute atomic E-state index is 0.112. The van der Waals surface area contributed by atoms with Crippen molar-refractivity contribution in [1.82, 2.24) is 0 Å². The summed E-state index contributed by atoms with van der Waals surface area (Å²) in [5.74, 6) is -0.940. The third-order valence-corrected chi connectivity index (χ3v) is 6.24. The number of nitrogens with zero attached hydrogens (tertiary/aromatic N) is 1. The summed E-state index contributed by atoms with van der Waals surface area (Å²) in [4.78, 5) is 37.0. The van der Waals surface area contributed by atoms with E-state index in [1.54, 1.807) is 13.0 Å². The van der Waals surface area contributed by atoms with Gasteiger partial charge in [-0.3, -0.25) is 14.9 Å². The second-order valence-corrected chi connectivity index (χ2v) is 7.88. The van der Waals surface area contributed by atoms with Crippen molar-refractivity contribution in [3.05, 3.63) is 55.4 Å². The highest BCUT2D eigenvalue weighted by molar-refractivity contribution is 7.17. The SMILES string of the molecule is COC(=O)c1c(NC(=O)c2cccc([N+](=O)[O-])c2C)sc2c1CCCCCC2. The third kappa shape index (κ3) is 3.91. The first-order valence-corrected chi connectivity index (χ1v) is 10.0. The fourth-order valence-corrected chi connectivity index (χ4v) is 4.84. The number of methoxy groups -OCH3 is 1. The lowest BCUT2D eigenvalue weighted by Crippen LogP contribution is -2.16. The van der Waals surface area contributed by atoms with Gasteiger partial charge in [0.15, 0.2) is 0 Å². The Labute approximate surface area is 166 Å². The Bertz CT molecular complexity index is 935. The average Bonchev–Trinajstić information content (AvgIpc) is 2.97. The number of carbonyl (C=O) groups excluding carboxylic acids is 2. The first-order chi connectivity index (χ1) is 13.4. The van der Waals surface area contributed by atoms with Crippen LogP contribution in [0.15, 0.2) is 18.2 Å². The van der Waals surface area contributed by atoms with Gasteiger partial charge in [-0.15, -0.1) is 11.3 Å². The minimum atomic E-state index is -0.511. The normalized spacial score (nSPS) is 13.8. The summed E-state index contributed by atoms with van der Waals surface area (Å²) in [6.07, 6.45) is 5.96. The Morgan fingerprint density at radius 2 is 1.89 bits per heavy atom. The Balaban J connectivity index is 1.99. The summed E-state index contributed by atoms with van der Waals surface area (Å²) < 4.78 is 4.96. The van der Waals surface area contributed by atoms with Crippen molar-refractivity contribution in [3.63, 3.8) is 0 Å². The van der Waals surface area contributed by atoms with E-state index < -0.39 is 16.8 Å². The number of thiophene rings is 1. The van der Waals surface area contributed by atoms with E-state index in [-0.39, 0.29) is 11.3 Å². The van der Waals surface area contributed by atoms with Crippen LogP contribution in [0.5, 0.6) is 0 Å². The molecule has 1 amide bonds. The number of hydrogen-bond donors (Lipinski definition) is 1. The summed E-state index contributed by atoms with van der Waals surface area (Å²) in [5.41, 5.74) is 1.77. The molecule has 0 saturated carbocycles. The standard InChI is InChI=1S/C20H22N2O5S/c1-12-13(9-7-10-15(12)22(25)26)18(23)21-19-17(20(24)27-2)14-8-5-3-4-6-11-16(14)28-19/h7,9-10H,3-6,8,11H2,1-2H3,(H,21,23). The van der Waals surface area contributed by atoms with Crippen LogP contribution in [-0.4, -0.2) is 23.9 Å². The highest BCUT2D eigenvalue weighted by Gasteiger charge is 2.27. The van der Waals surface area contributed by atoms with Gasteiger partial charge in [-0.25, -0.2) is 4.79 Å². The molecule has 0 unspecified atom stereocenters. The van der Waals surface area contributed by atoms with Crippen molar-refractivity contribution in [2.45, 2.75) is 45.4 Å². The van der Waals surface area contributed by atoms with Gasteiger partial charge in [0, 0.05) is 22.1 Å². The number of benzene rings is 1.